The van der Waals surface area contributed by atoms with Gasteiger partial charge in [0.25, 0.3) is 0 Å². The molecule has 0 aliphatic heterocycles. The SMILES string of the molecule is [N-]=[N+]=Nc1ccc(NC(N)=O)cc1. The van der Waals surface area contributed by atoms with Gasteiger partial charge in [0.1, 0.15) is 0 Å². The van der Waals surface area contributed by atoms with Gasteiger partial charge >= 0.3 is 6.03 Å². The summed E-state index contributed by atoms with van der Waals surface area (Å²) >= 11 is 0. The summed E-state index contributed by atoms with van der Waals surface area (Å²) in [6.45, 7) is 0. The van der Waals surface area contributed by atoms with Gasteiger partial charge in [0.15, 0.2) is 0 Å². The van der Waals surface area contributed by atoms with Crippen molar-refractivity contribution < 1.29 is 4.79 Å². The fraction of sp³-hybridized carbons (Fsp3) is 0. The molecule has 6 nitrogen and oxygen atoms in total. The fourth-order valence-corrected chi connectivity index (χ4v) is 0.805. The van der Waals surface area contributed by atoms with E-state index in [2.05, 4.69) is 15.3 Å². The molecule has 0 heterocycles. The molecule has 13 heavy (non-hydrogen) atoms. The van der Waals surface area contributed by atoms with Crippen molar-refractivity contribution in [3.63, 3.8) is 0 Å². The normalized spacial score (nSPS) is 8.62. The molecule has 1 aromatic rings. The van der Waals surface area contributed by atoms with Crippen molar-refractivity contribution >= 4 is 17.4 Å². The average Bonchev–Trinajstić information content (AvgIpc) is 2.08. The molecule has 1 aromatic carbocycles. The van der Waals surface area contributed by atoms with Gasteiger partial charge in [-0.05, 0) is 17.7 Å². The topological polar surface area (TPSA) is 104 Å². The van der Waals surface area contributed by atoms with Crippen LogP contribution in [0.1, 0.15) is 0 Å². The third kappa shape index (κ3) is 2.72. The minimum Gasteiger partial charge on any atom is -0.351 e. The summed E-state index contributed by atoms with van der Waals surface area (Å²) in [5, 5.41) is 5.74. The van der Waals surface area contributed by atoms with Gasteiger partial charge in [-0.25, -0.2) is 4.79 Å². The Morgan fingerprint density at radius 1 is 1.46 bits per heavy atom. The maximum absolute atomic E-state index is 10.4. The first kappa shape index (κ1) is 8.89. The Kier molecular flexibility index (Phi) is 2.73. The van der Waals surface area contributed by atoms with Crippen LogP contribution in [0.25, 0.3) is 10.4 Å². The second-order valence-electron chi connectivity index (χ2n) is 2.23. The minimum atomic E-state index is -0.628. The molecule has 0 aliphatic rings. The van der Waals surface area contributed by atoms with Crippen molar-refractivity contribution in [3.8, 4) is 0 Å². The molecule has 0 aromatic heterocycles. The summed E-state index contributed by atoms with van der Waals surface area (Å²) in [5.74, 6) is 0. The Balaban J connectivity index is 2.80. The van der Waals surface area contributed by atoms with Crippen LogP contribution in [0.4, 0.5) is 16.2 Å². The van der Waals surface area contributed by atoms with Crippen LogP contribution in [-0.2, 0) is 0 Å². The number of carbonyl (C=O) groups excluding carboxylic acids is 1. The molecular weight excluding hydrogens is 170 g/mol. The van der Waals surface area contributed by atoms with Crippen LogP contribution in [0.15, 0.2) is 29.4 Å². The summed E-state index contributed by atoms with van der Waals surface area (Å²) in [6, 6.07) is 5.70. The van der Waals surface area contributed by atoms with E-state index in [0.717, 1.165) is 0 Å². The quantitative estimate of drug-likeness (QED) is 0.403. The van der Waals surface area contributed by atoms with Crippen LogP contribution in [0.5, 0.6) is 0 Å². The Labute approximate surface area is 74.0 Å². The van der Waals surface area contributed by atoms with Crippen molar-refractivity contribution in [2.75, 3.05) is 5.32 Å². The van der Waals surface area contributed by atoms with E-state index in [9.17, 15) is 4.79 Å². The molecule has 0 saturated heterocycles. The third-order valence-corrected chi connectivity index (χ3v) is 1.30. The van der Waals surface area contributed by atoms with E-state index in [-0.39, 0.29) is 0 Å². The lowest BCUT2D eigenvalue weighted by molar-refractivity contribution is 0.259. The van der Waals surface area contributed by atoms with Crippen molar-refractivity contribution in [2.45, 2.75) is 0 Å². The van der Waals surface area contributed by atoms with Gasteiger partial charge in [0.2, 0.25) is 0 Å². The largest absolute Gasteiger partial charge is 0.351 e. The molecule has 0 radical (unpaired) electrons. The Hall–Kier alpha value is -2.20. The van der Waals surface area contributed by atoms with Crippen LogP contribution in [-0.4, -0.2) is 6.03 Å². The highest BCUT2D eigenvalue weighted by atomic mass is 16.2. The summed E-state index contributed by atoms with van der Waals surface area (Å²) in [4.78, 5) is 13.0. The van der Waals surface area contributed by atoms with E-state index in [1.165, 1.54) is 0 Å². The number of hydrogen-bond acceptors (Lipinski definition) is 2. The van der Waals surface area contributed by atoms with Gasteiger partial charge in [-0.2, -0.15) is 0 Å². The monoisotopic (exact) mass is 177 g/mol. The molecule has 6 heteroatoms. The number of hydrogen-bond donors (Lipinski definition) is 2. The number of nitrogens with one attached hydrogen (secondary N) is 1. The number of nitrogens with two attached hydrogens (primary N) is 1. The summed E-state index contributed by atoms with van der Waals surface area (Å²) in [7, 11) is 0. The molecule has 0 aliphatic carbocycles. The first-order valence-corrected chi connectivity index (χ1v) is 3.44. The molecule has 0 fully saturated rings. The van der Waals surface area contributed by atoms with Gasteiger partial charge in [-0.15, -0.1) is 0 Å². The molecule has 1 rings (SSSR count). The first-order chi connectivity index (χ1) is 6.22. The molecule has 0 saturated carbocycles. The number of amides is 2. The lowest BCUT2D eigenvalue weighted by atomic mass is 10.3. The highest BCUT2D eigenvalue weighted by molar-refractivity contribution is 5.87. The highest BCUT2D eigenvalue weighted by Gasteiger charge is 1.94. The van der Waals surface area contributed by atoms with Crippen molar-refractivity contribution in [1.29, 1.82) is 0 Å². The smallest absolute Gasteiger partial charge is 0.316 e. The molecule has 2 amide bonds. The number of rotatable bonds is 2. The van der Waals surface area contributed by atoms with Gasteiger partial charge in [0.05, 0.1) is 0 Å². The minimum absolute atomic E-state index is 0.484. The Morgan fingerprint density at radius 2 is 2.08 bits per heavy atom. The Morgan fingerprint density at radius 3 is 2.54 bits per heavy atom. The number of carbonyl (C=O) groups is 1. The first-order valence-electron chi connectivity index (χ1n) is 3.44. The second-order valence-corrected chi connectivity index (χ2v) is 2.23. The van der Waals surface area contributed by atoms with Crippen molar-refractivity contribution in [3.05, 3.63) is 34.7 Å². The number of benzene rings is 1. The van der Waals surface area contributed by atoms with Crippen LogP contribution >= 0.6 is 0 Å². The number of nitrogens with zero attached hydrogens (tertiary/aromatic N) is 3. The Bertz CT molecular complexity index is 352. The fourth-order valence-electron chi connectivity index (χ4n) is 0.805. The van der Waals surface area contributed by atoms with Gasteiger partial charge in [-0.3, -0.25) is 0 Å². The predicted molar refractivity (Wildman–Crippen MR) is 48.5 cm³/mol. The number of urea groups is 1. The van der Waals surface area contributed by atoms with E-state index >= 15 is 0 Å². The maximum Gasteiger partial charge on any atom is 0.316 e. The molecule has 0 atom stereocenters. The van der Waals surface area contributed by atoms with Crippen LogP contribution in [0.2, 0.25) is 0 Å². The summed E-state index contributed by atoms with van der Waals surface area (Å²) < 4.78 is 0. The summed E-state index contributed by atoms with van der Waals surface area (Å²) in [6.07, 6.45) is 0. The molecular formula is C7H7N5O. The van der Waals surface area contributed by atoms with Crippen LogP contribution in [0.3, 0.4) is 0 Å². The molecule has 0 bridgehead atoms. The number of azide groups is 1. The van der Waals surface area contributed by atoms with E-state index in [0.29, 0.717) is 11.4 Å². The van der Waals surface area contributed by atoms with Crippen molar-refractivity contribution in [1.82, 2.24) is 0 Å². The van der Waals surface area contributed by atoms with Gasteiger partial charge in [-0.1, -0.05) is 17.2 Å². The number of anilines is 1. The summed E-state index contributed by atoms with van der Waals surface area (Å²) in [5.41, 5.74) is 14.0. The van der Waals surface area contributed by atoms with Gasteiger partial charge < -0.3 is 11.1 Å². The van der Waals surface area contributed by atoms with E-state index in [1.54, 1.807) is 24.3 Å². The van der Waals surface area contributed by atoms with Crippen LogP contribution in [0, 0.1) is 0 Å². The maximum atomic E-state index is 10.4. The van der Waals surface area contributed by atoms with E-state index in [1.807, 2.05) is 0 Å². The standard InChI is InChI=1S/C7H7N5O/c8-7(13)10-5-1-3-6(4-2-5)11-12-9/h1-4H,(H3,8,10,13). The van der Waals surface area contributed by atoms with E-state index in [4.69, 9.17) is 11.3 Å². The second kappa shape index (κ2) is 3.99. The predicted octanol–water partition coefficient (Wildman–Crippen LogP) is 2.12. The zero-order valence-electron chi connectivity index (χ0n) is 6.64. The lowest BCUT2D eigenvalue weighted by Crippen LogP contribution is -2.18. The highest BCUT2D eigenvalue weighted by Crippen LogP contribution is 2.15. The third-order valence-electron chi connectivity index (χ3n) is 1.30. The average molecular weight is 177 g/mol. The lowest BCUT2D eigenvalue weighted by Gasteiger charge is -2.00. The zero-order valence-corrected chi connectivity index (χ0v) is 6.64. The number of primary amides is 1. The zero-order chi connectivity index (χ0) is 9.68. The van der Waals surface area contributed by atoms with Crippen molar-refractivity contribution in [2.24, 2.45) is 10.8 Å². The molecule has 3 N–H and O–H groups in total. The van der Waals surface area contributed by atoms with Gasteiger partial charge in [0, 0.05) is 16.3 Å². The molecule has 0 spiro atoms. The molecule has 66 valence electrons. The van der Waals surface area contributed by atoms with E-state index < -0.39 is 6.03 Å². The molecule has 0 unspecified atom stereocenters. The van der Waals surface area contributed by atoms with Crippen LogP contribution < -0.4 is 11.1 Å².